The Kier molecular flexibility index (Phi) is 5.29. The van der Waals surface area contributed by atoms with E-state index in [1.807, 2.05) is 13.8 Å². The quantitative estimate of drug-likeness (QED) is 0.738. The molecule has 20 heavy (non-hydrogen) atoms. The molecule has 0 bridgehead atoms. The van der Waals surface area contributed by atoms with E-state index in [9.17, 15) is 9.90 Å². The second kappa shape index (κ2) is 6.36. The van der Waals surface area contributed by atoms with Crippen LogP contribution >= 0.6 is 12.2 Å². The highest BCUT2D eigenvalue weighted by molar-refractivity contribution is 7.71. The van der Waals surface area contributed by atoms with E-state index in [4.69, 9.17) is 21.4 Å². The van der Waals surface area contributed by atoms with E-state index in [2.05, 4.69) is 15.5 Å². The van der Waals surface area contributed by atoms with Crippen molar-refractivity contribution in [2.75, 3.05) is 0 Å². The van der Waals surface area contributed by atoms with Gasteiger partial charge in [-0.15, -0.1) is 5.10 Å². The molecule has 0 aromatic carbocycles. The van der Waals surface area contributed by atoms with Crippen LogP contribution in [0.25, 0.3) is 0 Å². The Morgan fingerprint density at radius 3 is 2.50 bits per heavy atom. The summed E-state index contributed by atoms with van der Waals surface area (Å²) in [4.78, 5) is 11.9. The molecule has 2 atom stereocenters. The summed E-state index contributed by atoms with van der Waals surface area (Å²) in [5.41, 5.74) is -0.610. The lowest BCUT2D eigenvalue weighted by Crippen LogP contribution is -2.45. The van der Waals surface area contributed by atoms with Gasteiger partial charge in [-0.2, -0.15) is 0 Å². The number of nitrogens with one attached hydrogen (secondary N) is 2. The molecule has 0 radical (unpaired) electrons. The first kappa shape index (κ1) is 16.6. The first-order valence-electron chi connectivity index (χ1n) is 6.33. The highest BCUT2D eigenvalue weighted by Gasteiger charge is 2.31. The predicted octanol–water partition coefficient (Wildman–Crippen LogP) is 2.31. The maximum atomic E-state index is 11.8. The molecule has 0 aliphatic carbocycles. The van der Waals surface area contributed by atoms with Crippen LogP contribution in [-0.4, -0.2) is 33.0 Å². The van der Waals surface area contributed by atoms with Crippen molar-refractivity contribution >= 4 is 18.3 Å². The number of rotatable bonds is 4. The predicted molar refractivity (Wildman–Crippen MR) is 74.6 cm³/mol. The molecule has 0 saturated carbocycles. The Bertz CT molecular complexity index is 503. The number of aliphatic hydroxyl groups is 1. The van der Waals surface area contributed by atoms with Gasteiger partial charge in [-0.25, -0.2) is 9.89 Å². The summed E-state index contributed by atoms with van der Waals surface area (Å²) in [6, 6.07) is -0.605. The molecule has 1 aromatic rings. The number of hydrogen-bond donors (Lipinski definition) is 3. The highest BCUT2D eigenvalue weighted by Crippen LogP contribution is 2.21. The van der Waals surface area contributed by atoms with Crippen LogP contribution in [0.1, 0.15) is 46.6 Å². The lowest BCUT2D eigenvalue weighted by molar-refractivity contribution is 0.0327. The third-order valence-electron chi connectivity index (χ3n) is 2.45. The lowest BCUT2D eigenvalue weighted by atomic mass is 9.98. The summed E-state index contributed by atoms with van der Waals surface area (Å²) >= 11 is 4.76. The van der Waals surface area contributed by atoms with Crippen molar-refractivity contribution in [3.05, 3.63) is 10.7 Å². The van der Waals surface area contributed by atoms with Crippen molar-refractivity contribution in [1.82, 2.24) is 15.5 Å². The fourth-order valence-electron chi connectivity index (χ4n) is 1.58. The molecule has 7 nitrogen and oxygen atoms in total. The van der Waals surface area contributed by atoms with Gasteiger partial charge >= 0.3 is 6.09 Å². The molecule has 8 heteroatoms. The SMILES string of the molecule is CC(C)C(NC(=O)OC(C)(C)C)C(O)c1n[nH]c(=S)o1. The number of aliphatic hydroxyl groups excluding tert-OH is 1. The van der Waals surface area contributed by atoms with Crippen LogP contribution in [0.2, 0.25) is 0 Å². The fraction of sp³-hybridized carbons (Fsp3) is 0.750. The van der Waals surface area contributed by atoms with Crippen molar-refractivity contribution in [2.45, 2.75) is 52.4 Å². The standard InChI is InChI=1S/C12H21N3O4S/c1-6(2)7(13-10(17)19-12(3,4)5)8(16)9-14-15-11(20)18-9/h6-8,16H,1-5H3,(H,13,17)(H,15,20). The van der Waals surface area contributed by atoms with Crippen LogP contribution in [0.3, 0.4) is 0 Å². The molecular weight excluding hydrogens is 282 g/mol. The van der Waals surface area contributed by atoms with Crippen LogP contribution < -0.4 is 5.32 Å². The van der Waals surface area contributed by atoms with Gasteiger partial charge in [-0.05, 0) is 38.9 Å². The molecule has 3 N–H and O–H groups in total. The Morgan fingerprint density at radius 1 is 1.50 bits per heavy atom. The van der Waals surface area contributed by atoms with E-state index < -0.39 is 23.8 Å². The third kappa shape index (κ3) is 4.93. The van der Waals surface area contributed by atoms with E-state index in [-0.39, 0.29) is 16.6 Å². The Labute approximate surface area is 122 Å². The zero-order valence-electron chi connectivity index (χ0n) is 12.3. The van der Waals surface area contributed by atoms with Gasteiger partial charge in [-0.1, -0.05) is 13.8 Å². The van der Waals surface area contributed by atoms with Crippen LogP contribution in [0.15, 0.2) is 4.42 Å². The number of hydrogen-bond acceptors (Lipinski definition) is 6. The average Bonchev–Trinajstić information content (AvgIpc) is 2.69. The number of aromatic amines is 1. The molecule has 0 saturated heterocycles. The van der Waals surface area contributed by atoms with Gasteiger partial charge in [0.1, 0.15) is 5.60 Å². The summed E-state index contributed by atoms with van der Waals surface area (Å²) in [6.07, 6.45) is -1.72. The van der Waals surface area contributed by atoms with Gasteiger partial charge in [0.2, 0.25) is 5.89 Å². The van der Waals surface area contributed by atoms with Crippen molar-refractivity contribution in [3.63, 3.8) is 0 Å². The van der Waals surface area contributed by atoms with Gasteiger partial charge in [0.05, 0.1) is 6.04 Å². The minimum atomic E-state index is -1.12. The molecule has 0 fully saturated rings. The Morgan fingerprint density at radius 2 is 2.10 bits per heavy atom. The smallest absolute Gasteiger partial charge is 0.407 e. The number of carbonyl (C=O) groups excluding carboxylic acids is 1. The van der Waals surface area contributed by atoms with Crippen LogP contribution in [0, 0.1) is 10.8 Å². The zero-order valence-corrected chi connectivity index (χ0v) is 13.1. The average molecular weight is 303 g/mol. The molecule has 0 spiro atoms. The summed E-state index contributed by atoms with van der Waals surface area (Å²) in [6.45, 7) is 9.00. The Balaban J connectivity index is 2.79. The number of alkyl carbamates (subject to hydrolysis) is 1. The monoisotopic (exact) mass is 303 g/mol. The van der Waals surface area contributed by atoms with E-state index >= 15 is 0 Å². The zero-order chi connectivity index (χ0) is 15.5. The summed E-state index contributed by atoms with van der Waals surface area (Å²) < 4.78 is 10.2. The molecule has 2 unspecified atom stereocenters. The summed E-state index contributed by atoms with van der Waals surface area (Å²) in [5.74, 6) is -0.0252. The molecule has 1 heterocycles. The normalized spacial score (nSPS) is 14.9. The maximum Gasteiger partial charge on any atom is 0.407 e. The van der Waals surface area contributed by atoms with E-state index in [0.29, 0.717) is 0 Å². The maximum absolute atomic E-state index is 11.8. The number of aromatic nitrogens is 2. The lowest BCUT2D eigenvalue weighted by Gasteiger charge is -2.27. The molecule has 0 aliphatic heterocycles. The van der Waals surface area contributed by atoms with Crippen molar-refractivity contribution in [3.8, 4) is 0 Å². The molecule has 1 aromatic heterocycles. The minimum Gasteiger partial charge on any atom is -0.444 e. The van der Waals surface area contributed by atoms with Crippen LogP contribution in [0.4, 0.5) is 4.79 Å². The van der Waals surface area contributed by atoms with Gasteiger partial charge in [0.15, 0.2) is 6.10 Å². The second-order valence-electron chi connectivity index (χ2n) is 5.81. The number of carbonyl (C=O) groups is 1. The number of H-pyrrole nitrogens is 1. The largest absolute Gasteiger partial charge is 0.444 e. The molecule has 1 amide bonds. The van der Waals surface area contributed by atoms with Gasteiger partial charge in [0.25, 0.3) is 4.84 Å². The van der Waals surface area contributed by atoms with E-state index in [1.165, 1.54) is 0 Å². The topological polar surface area (TPSA) is 100 Å². The van der Waals surface area contributed by atoms with Crippen molar-refractivity contribution in [2.24, 2.45) is 5.92 Å². The highest BCUT2D eigenvalue weighted by atomic mass is 32.1. The van der Waals surface area contributed by atoms with Crippen LogP contribution in [-0.2, 0) is 4.74 Å². The van der Waals surface area contributed by atoms with Gasteiger partial charge in [0, 0.05) is 0 Å². The minimum absolute atomic E-state index is 0.0322. The van der Waals surface area contributed by atoms with E-state index in [1.54, 1.807) is 20.8 Å². The van der Waals surface area contributed by atoms with E-state index in [0.717, 1.165) is 0 Å². The van der Waals surface area contributed by atoms with Crippen molar-refractivity contribution in [1.29, 1.82) is 0 Å². The molecule has 114 valence electrons. The first-order chi connectivity index (χ1) is 9.10. The Hall–Kier alpha value is -1.41. The van der Waals surface area contributed by atoms with Gasteiger partial charge < -0.3 is 19.6 Å². The fourth-order valence-corrected chi connectivity index (χ4v) is 1.71. The molecule has 1 rings (SSSR count). The number of nitrogens with zero attached hydrogens (tertiary/aromatic N) is 1. The van der Waals surface area contributed by atoms with Gasteiger partial charge in [-0.3, -0.25) is 0 Å². The summed E-state index contributed by atoms with van der Waals surface area (Å²) in [5, 5.41) is 19.0. The molecule has 0 aliphatic rings. The van der Waals surface area contributed by atoms with Crippen LogP contribution in [0.5, 0.6) is 0 Å². The second-order valence-corrected chi connectivity index (χ2v) is 6.18. The number of amides is 1. The molecular formula is C12H21N3O4S. The third-order valence-corrected chi connectivity index (χ3v) is 2.62. The summed E-state index contributed by atoms with van der Waals surface area (Å²) in [7, 11) is 0. The first-order valence-corrected chi connectivity index (χ1v) is 6.74. The van der Waals surface area contributed by atoms with Crippen molar-refractivity contribution < 1.29 is 19.1 Å². The number of ether oxygens (including phenoxy) is 1.